The second kappa shape index (κ2) is 3.61. The Labute approximate surface area is 82.3 Å². The van der Waals surface area contributed by atoms with Crippen molar-refractivity contribution < 1.29 is 0 Å². The van der Waals surface area contributed by atoms with Crippen LogP contribution in [0.2, 0.25) is 0 Å². The van der Waals surface area contributed by atoms with E-state index in [4.69, 9.17) is 0 Å². The van der Waals surface area contributed by atoms with E-state index < -0.39 is 0 Å². The molecule has 0 heterocycles. The van der Waals surface area contributed by atoms with Gasteiger partial charge in [0.1, 0.15) is 0 Å². The Hall–Kier alpha value is -0.0400. The Balaban J connectivity index is 1.83. The average Bonchev–Trinajstić information content (AvgIpc) is 2.64. The quantitative estimate of drug-likeness (QED) is 0.706. The zero-order chi connectivity index (χ0) is 9.42. The summed E-state index contributed by atoms with van der Waals surface area (Å²) >= 11 is 0. The molecule has 2 rings (SSSR count). The molecule has 0 radical (unpaired) electrons. The average molecular weight is 181 g/mol. The van der Waals surface area contributed by atoms with Crippen LogP contribution in [-0.2, 0) is 0 Å². The van der Waals surface area contributed by atoms with Crippen LogP contribution < -0.4 is 5.32 Å². The van der Waals surface area contributed by atoms with Crippen molar-refractivity contribution in [3.8, 4) is 0 Å². The normalized spacial score (nSPS) is 40.2. The van der Waals surface area contributed by atoms with Crippen LogP contribution in [0.25, 0.3) is 0 Å². The van der Waals surface area contributed by atoms with E-state index in [9.17, 15) is 0 Å². The third kappa shape index (κ3) is 1.90. The maximum absolute atomic E-state index is 3.81. The van der Waals surface area contributed by atoms with Gasteiger partial charge in [-0.25, -0.2) is 0 Å². The zero-order valence-electron chi connectivity index (χ0n) is 9.22. The first-order chi connectivity index (χ1) is 6.16. The lowest BCUT2D eigenvalue weighted by atomic mass is 9.93. The van der Waals surface area contributed by atoms with Crippen LogP contribution in [0.3, 0.4) is 0 Å². The minimum Gasteiger partial charge on any atom is -0.311 e. The van der Waals surface area contributed by atoms with Crippen molar-refractivity contribution in [3.05, 3.63) is 0 Å². The van der Waals surface area contributed by atoms with Crippen molar-refractivity contribution in [2.24, 2.45) is 17.8 Å². The van der Waals surface area contributed by atoms with Crippen molar-refractivity contribution in [1.82, 2.24) is 5.32 Å². The van der Waals surface area contributed by atoms with Crippen LogP contribution in [0.15, 0.2) is 0 Å². The summed E-state index contributed by atoms with van der Waals surface area (Å²) in [7, 11) is 0. The van der Waals surface area contributed by atoms with Gasteiger partial charge in [-0.15, -0.1) is 0 Å². The maximum atomic E-state index is 3.81. The summed E-state index contributed by atoms with van der Waals surface area (Å²) in [6, 6.07) is 1.56. The molecule has 1 nitrogen and oxygen atoms in total. The first kappa shape index (κ1) is 9.51. The predicted molar refractivity (Wildman–Crippen MR) is 56.7 cm³/mol. The van der Waals surface area contributed by atoms with Crippen LogP contribution in [-0.4, -0.2) is 12.1 Å². The van der Waals surface area contributed by atoms with Gasteiger partial charge in [0.2, 0.25) is 0 Å². The summed E-state index contributed by atoms with van der Waals surface area (Å²) in [5.41, 5.74) is 0. The fraction of sp³-hybridized carbons (Fsp3) is 1.00. The summed E-state index contributed by atoms with van der Waals surface area (Å²) in [4.78, 5) is 0. The molecular formula is C12H23N. The van der Waals surface area contributed by atoms with E-state index in [0.717, 1.165) is 23.8 Å². The number of fused-ring (bicyclic) bond motifs is 2. The molecule has 76 valence electrons. The molecule has 0 amide bonds. The van der Waals surface area contributed by atoms with Gasteiger partial charge in [0.25, 0.3) is 0 Å². The van der Waals surface area contributed by atoms with Gasteiger partial charge < -0.3 is 5.32 Å². The molecule has 1 heteroatoms. The van der Waals surface area contributed by atoms with Gasteiger partial charge in [0, 0.05) is 12.1 Å². The maximum Gasteiger partial charge on any atom is 0.0101 e. The Morgan fingerprint density at radius 2 is 1.85 bits per heavy atom. The highest BCUT2D eigenvalue weighted by Gasteiger charge is 2.39. The lowest BCUT2D eigenvalue weighted by Gasteiger charge is -2.28. The molecule has 2 saturated carbocycles. The van der Waals surface area contributed by atoms with E-state index in [1.165, 1.54) is 25.7 Å². The fourth-order valence-electron chi connectivity index (χ4n) is 2.98. The first-order valence-corrected chi connectivity index (χ1v) is 5.93. The monoisotopic (exact) mass is 181 g/mol. The topological polar surface area (TPSA) is 12.0 Å². The van der Waals surface area contributed by atoms with Crippen LogP contribution in [0.5, 0.6) is 0 Å². The second-order valence-electron chi connectivity index (χ2n) is 5.48. The standard InChI is InChI=1S/C12H23N/c1-8(2)9(3)13-12-7-10-4-5-11(12)6-10/h8-13H,4-7H2,1-3H3/t9-,10-,11-,12-/m1/s1. The molecule has 2 aliphatic carbocycles. The third-order valence-corrected chi connectivity index (χ3v) is 4.22. The smallest absolute Gasteiger partial charge is 0.0101 e. The highest BCUT2D eigenvalue weighted by atomic mass is 15.0. The summed E-state index contributed by atoms with van der Waals surface area (Å²) in [5, 5.41) is 3.81. The molecule has 0 spiro atoms. The van der Waals surface area contributed by atoms with Gasteiger partial charge in [-0.1, -0.05) is 20.3 Å². The molecule has 0 aromatic heterocycles. The Kier molecular flexibility index (Phi) is 2.64. The van der Waals surface area contributed by atoms with Crippen LogP contribution in [0.1, 0.15) is 46.5 Å². The highest BCUT2D eigenvalue weighted by Crippen LogP contribution is 2.44. The molecule has 2 aliphatic rings. The Morgan fingerprint density at radius 1 is 1.08 bits per heavy atom. The van der Waals surface area contributed by atoms with Gasteiger partial charge in [-0.3, -0.25) is 0 Å². The Morgan fingerprint density at radius 3 is 2.31 bits per heavy atom. The number of hydrogen-bond acceptors (Lipinski definition) is 1. The minimum atomic E-state index is 0.698. The predicted octanol–water partition coefficient (Wildman–Crippen LogP) is 2.81. The summed E-state index contributed by atoms with van der Waals surface area (Å²) in [6.07, 6.45) is 5.98. The van der Waals surface area contributed by atoms with E-state index in [0.29, 0.717) is 6.04 Å². The second-order valence-corrected chi connectivity index (χ2v) is 5.48. The van der Waals surface area contributed by atoms with Gasteiger partial charge >= 0.3 is 0 Å². The van der Waals surface area contributed by atoms with E-state index in [1.807, 2.05) is 0 Å². The van der Waals surface area contributed by atoms with Crippen molar-refractivity contribution in [2.75, 3.05) is 0 Å². The number of hydrogen-bond donors (Lipinski definition) is 1. The van der Waals surface area contributed by atoms with Crippen LogP contribution in [0.4, 0.5) is 0 Å². The number of rotatable bonds is 3. The molecule has 2 fully saturated rings. The molecule has 0 aliphatic heterocycles. The van der Waals surface area contributed by atoms with Gasteiger partial charge in [0.15, 0.2) is 0 Å². The third-order valence-electron chi connectivity index (χ3n) is 4.22. The van der Waals surface area contributed by atoms with Gasteiger partial charge in [0.05, 0.1) is 0 Å². The lowest BCUT2D eigenvalue weighted by Crippen LogP contribution is -2.42. The molecule has 4 atom stereocenters. The number of nitrogens with one attached hydrogen (secondary N) is 1. The molecule has 1 N–H and O–H groups in total. The van der Waals surface area contributed by atoms with Gasteiger partial charge in [-0.05, 0) is 43.9 Å². The molecule has 0 saturated heterocycles. The largest absolute Gasteiger partial charge is 0.311 e. The molecular weight excluding hydrogens is 158 g/mol. The van der Waals surface area contributed by atoms with E-state index in [1.54, 1.807) is 0 Å². The van der Waals surface area contributed by atoms with Gasteiger partial charge in [-0.2, -0.15) is 0 Å². The minimum absolute atomic E-state index is 0.698. The van der Waals surface area contributed by atoms with Crippen molar-refractivity contribution in [2.45, 2.75) is 58.5 Å². The van der Waals surface area contributed by atoms with Crippen LogP contribution in [0, 0.1) is 17.8 Å². The van der Waals surface area contributed by atoms with Crippen LogP contribution >= 0.6 is 0 Å². The summed E-state index contributed by atoms with van der Waals surface area (Å²) in [5.74, 6) is 2.87. The first-order valence-electron chi connectivity index (χ1n) is 5.93. The summed E-state index contributed by atoms with van der Waals surface area (Å²) < 4.78 is 0. The fourth-order valence-corrected chi connectivity index (χ4v) is 2.98. The zero-order valence-corrected chi connectivity index (χ0v) is 9.22. The molecule has 0 aromatic carbocycles. The SMILES string of the molecule is CC(C)[C@@H](C)N[C@@H]1C[C@@H]2CC[C@@H]1C2. The van der Waals surface area contributed by atoms with Crippen molar-refractivity contribution >= 4 is 0 Å². The molecule has 13 heavy (non-hydrogen) atoms. The van der Waals surface area contributed by atoms with Crippen molar-refractivity contribution in [3.63, 3.8) is 0 Å². The molecule has 0 unspecified atom stereocenters. The highest BCUT2D eigenvalue weighted by molar-refractivity contribution is 4.95. The molecule has 2 bridgehead atoms. The molecule has 0 aromatic rings. The summed E-state index contributed by atoms with van der Waals surface area (Å²) in [6.45, 7) is 6.95. The lowest BCUT2D eigenvalue weighted by molar-refractivity contribution is 0.294. The Bertz CT molecular complexity index is 176. The van der Waals surface area contributed by atoms with E-state index in [-0.39, 0.29) is 0 Å². The van der Waals surface area contributed by atoms with Crippen molar-refractivity contribution in [1.29, 1.82) is 0 Å². The van der Waals surface area contributed by atoms with E-state index >= 15 is 0 Å². The van der Waals surface area contributed by atoms with E-state index in [2.05, 4.69) is 26.1 Å².